The molecule has 0 unspecified atom stereocenters. The van der Waals surface area contributed by atoms with Gasteiger partial charge in [-0.1, -0.05) is 25.1 Å². The standard InChI is InChI=1S/C12H15NO/c1-3-9-7-8-13(2)12-10(9)5-4-6-11(12)14/h4-7,14H,3,8H2,1-2H3. The van der Waals surface area contributed by atoms with Crippen molar-refractivity contribution in [1.29, 1.82) is 0 Å². The third kappa shape index (κ3) is 1.27. The lowest BCUT2D eigenvalue weighted by Gasteiger charge is -2.27. The van der Waals surface area contributed by atoms with Crippen molar-refractivity contribution >= 4 is 11.3 Å². The van der Waals surface area contributed by atoms with Crippen LogP contribution in [0.3, 0.4) is 0 Å². The monoisotopic (exact) mass is 189 g/mol. The largest absolute Gasteiger partial charge is 0.506 e. The van der Waals surface area contributed by atoms with Gasteiger partial charge in [-0.25, -0.2) is 0 Å². The number of rotatable bonds is 1. The van der Waals surface area contributed by atoms with Gasteiger partial charge in [0.25, 0.3) is 0 Å². The maximum Gasteiger partial charge on any atom is 0.139 e. The Morgan fingerprint density at radius 3 is 2.93 bits per heavy atom. The lowest BCUT2D eigenvalue weighted by atomic mass is 9.97. The Labute approximate surface area is 84.5 Å². The molecule has 0 bridgehead atoms. The first kappa shape index (κ1) is 9.13. The van der Waals surface area contributed by atoms with E-state index in [4.69, 9.17) is 0 Å². The summed E-state index contributed by atoms with van der Waals surface area (Å²) in [4.78, 5) is 2.07. The fourth-order valence-corrected chi connectivity index (χ4v) is 1.97. The topological polar surface area (TPSA) is 23.5 Å². The second-order valence-corrected chi connectivity index (χ2v) is 3.64. The Morgan fingerprint density at radius 2 is 2.21 bits per heavy atom. The fraction of sp³-hybridized carbons (Fsp3) is 0.333. The highest BCUT2D eigenvalue weighted by molar-refractivity contribution is 5.83. The molecule has 0 spiro atoms. The summed E-state index contributed by atoms with van der Waals surface area (Å²) in [6, 6.07) is 5.71. The van der Waals surface area contributed by atoms with E-state index in [1.54, 1.807) is 6.07 Å². The number of nitrogens with zero attached hydrogens (tertiary/aromatic N) is 1. The summed E-state index contributed by atoms with van der Waals surface area (Å²) in [5, 5.41) is 9.77. The van der Waals surface area contributed by atoms with Crippen molar-refractivity contribution in [3.8, 4) is 5.75 Å². The summed E-state index contributed by atoms with van der Waals surface area (Å²) in [7, 11) is 2.00. The first-order chi connectivity index (χ1) is 6.74. The van der Waals surface area contributed by atoms with Crippen molar-refractivity contribution in [3.63, 3.8) is 0 Å². The van der Waals surface area contributed by atoms with Crippen LogP contribution in [0, 0.1) is 0 Å². The number of phenolic OH excluding ortho intramolecular Hbond substituents is 1. The van der Waals surface area contributed by atoms with Gasteiger partial charge >= 0.3 is 0 Å². The quantitative estimate of drug-likeness (QED) is 0.734. The molecule has 1 aliphatic rings. The van der Waals surface area contributed by atoms with E-state index < -0.39 is 0 Å². The van der Waals surface area contributed by atoms with E-state index in [2.05, 4.69) is 24.0 Å². The van der Waals surface area contributed by atoms with Crippen LogP contribution in [0.4, 0.5) is 5.69 Å². The van der Waals surface area contributed by atoms with Crippen molar-refractivity contribution < 1.29 is 5.11 Å². The number of benzene rings is 1. The first-order valence-corrected chi connectivity index (χ1v) is 4.96. The molecule has 1 N–H and O–H groups in total. The van der Waals surface area contributed by atoms with Gasteiger partial charge in [0.2, 0.25) is 0 Å². The second-order valence-electron chi connectivity index (χ2n) is 3.64. The van der Waals surface area contributed by atoms with E-state index in [-0.39, 0.29) is 0 Å². The Hall–Kier alpha value is -1.44. The van der Waals surface area contributed by atoms with Crippen LogP contribution >= 0.6 is 0 Å². The molecular formula is C12H15NO. The van der Waals surface area contributed by atoms with Crippen LogP contribution in [0.15, 0.2) is 24.3 Å². The number of aromatic hydroxyl groups is 1. The molecule has 1 aromatic carbocycles. The molecule has 0 aliphatic carbocycles. The van der Waals surface area contributed by atoms with Crippen LogP contribution < -0.4 is 4.90 Å². The minimum Gasteiger partial charge on any atom is -0.506 e. The first-order valence-electron chi connectivity index (χ1n) is 4.96. The van der Waals surface area contributed by atoms with E-state index in [0.29, 0.717) is 5.75 Å². The summed E-state index contributed by atoms with van der Waals surface area (Å²) in [6.07, 6.45) is 3.24. The van der Waals surface area contributed by atoms with Crippen LogP contribution in [-0.4, -0.2) is 18.7 Å². The second kappa shape index (κ2) is 3.37. The highest BCUT2D eigenvalue weighted by Gasteiger charge is 2.17. The minimum atomic E-state index is 0.379. The maximum atomic E-state index is 9.77. The molecule has 0 fully saturated rings. The molecule has 14 heavy (non-hydrogen) atoms. The van der Waals surface area contributed by atoms with E-state index in [1.165, 1.54) is 11.1 Å². The highest BCUT2D eigenvalue weighted by Crippen LogP contribution is 2.38. The number of para-hydroxylation sites is 1. The molecule has 0 atom stereocenters. The zero-order chi connectivity index (χ0) is 10.1. The average Bonchev–Trinajstić information content (AvgIpc) is 2.18. The van der Waals surface area contributed by atoms with Gasteiger partial charge in [0, 0.05) is 19.2 Å². The summed E-state index contributed by atoms with van der Waals surface area (Å²) >= 11 is 0. The van der Waals surface area contributed by atoms with Crippen LogP contribution in [0.1, 0.15) is 18.9 Å². The third-order valence-electron chi connectivity index (χ3n) is 2.73. The molecule has 2 nitrogen and oxygen atoms in total. The molecule has 0 aromatic heterocycles. The SMILES string of the molecule is CCC1=CCN(C)c2c(O)cccc21. The number of phenols is 1. The van der Waals surface area contributed by atoms with Gasteiger partial charge in [-0.3, -0.25) is 0 Å². The van der Waals surface area contributed by atoms with Crippen molar-refractivity contribution in [2.45, 2.75) is 13.3 Å². The molecule has 2 heteroatoms. The van der Waals surface area contributed by atoms with E-state index in [0.717, 1.165) is 18.7 Å². The van der Waals surface area contributed by atoms with E-state index in [9.17, 15) is 5.11 Å². The van der Waals surface area contributed by atoms with Crippen LogP contribution in [0.25, 0.3) is 5.57 Å². The Balaban J connectivity index is 2.60. The molecule has 1 aliphatic heterocycles. The smallest absolute Gasteiger partial charge is 0.139 e. The number of anilines is 1. The zero-order valence-corrected chi connectivity index (χ0v) is 8.62. The maximum absolute atomic E-state index is 9.77. The number of hydrogen-bond donors (Lipinski definition) is 1. The molecule has 1 aromatic rings. The lowest BCUT2D eigenvalue weighted by Crippen LogP contribution is -2.21. The summed E-state index contributed by atoms with van der Waals surface area (Å²) in [5.41, 5.74) is 3.46. The van der Waals surface area contributed by atoms with Crippen molar-refractivity contribution in [2.75, 3.05) is 18.5 Å². The minimum absolute atomic E-state index is 0.379. The highest BCUT2D eigenvalue weighted by atomic mass is 16.3. The van der Waals surface area contributed by atoms with Crippen molar-refractivity contribution in [1.82, 2.24) is 0 Å². The molecule has 0 amide bonds. The number of allylic oxidation sites excluding steroid dienone is 1. The number of hydrogen-bond acceptors (Lipinski definition) is 2. The van der Waals surface area contributed by atoms with Gasteiger partial charge in [-0.15, -0.1) is 0 Å². The third-order valence-corrected chi connectivity index (χ3v) is 2.73. The molecule has 0 saturated heterocycles. The van der Waals surface area contributed by atoms with Crippen LogP contribution in [0.5, 0.6) is 5.75 Å². The molecule has 0 radical (unpaired) electrons. The predicted molar refractivity (Wildman–Crippen MR) is 59.6 cm³/mol. The summed E-state index contributed by atoms with van der Waals surface area (Å²) in [6.45, 7) is 3.03. The predicted octanol–water partition coefficient (Wildman–Crippen LogP) is 2.64. The van der Waals surface area contributed by atoms with E-state index in [1.807, 2.05) is 13.1 Å². The van der Waals surface area contributed by atoms with Gasteiger partial charge in [0.05, 0.1) is 5.69 Å². The summed E-state index contributed by atoms with van der Waals surface area (Å²) in [5.74, 6) is 0.379. The van der Waals surface area contributed by atoms with Crippen LogP contribution in [0.2, 0.25) is 0 Å². The summed E-state index contributed by atoms with van der Waals surface area (Å²) < 4.78 is 0. The lowest BCUT2D eigenvalue weighted by molar-refractivity contribution is 0.475. The van der Waals surface area contributed by atoms with Crippen molar-refractivity contribution in [3.05, 3.63) is 29.8 Å². The number of fused-ring (bicyclic) bond motifs is 1. The van der Waals surface area contributed by atoms with Gasteiger partial charge in [0.1, 0.15) is 5.75 Å². The van der Waals surface area contributed by atoms with Gasteiger partial charge in [-0.05, 0) is 18.1 Å². The van der Waals surface area contributed by atoms with E-state index >= 15 is 0 Å². The average molecular weight is 189 g/mol. The van der Waals surface area contributed by atoms with Gasteiger partial charge in [-0.2, -0.15) is 0 Å². The number of likely N-dealkylation sites (N-methyl/N-ethyl adjacent to an activating group) is 1. The van der Waals surface area contributed by atoms with Crippen LogP contribution in [-0.2, 0) is 0 Å². The van der Waals surface area contributed by atoms with Gasteiger partial charge in [0.15, 0.2) is 0 Å². The normalized spacial score (nSPS) is 15.0. The Morgan fingerprint density at radius 1 is 1.43 bits per heavy atom. The molecule has 2 rings (SSSR count). The molecular weight excluding hydrogens is 174 g/mol. The molecule has 74 valence electrons. The van der Waals surface area contributed by atoms with Gasteiger partial charge < -0.3 is 10.0 Å². The molecule has 1 heterocycles. The Kier molecular flexibility index (Phi) is 2.20. The Bertz CT molecular complexity index is 382. The fourth-order valence-electron chi connectivity index (χ4n) is 1.97. The van der Waals surface area contributed by atoms with Crippen molar-refractivity contribution in [2.24, 2.45) is 0 Å². The molecule has 0 saturated carbocycles. The zero-order valence-electron chi connectivity index (χ0n) is 8.62.